The Morgan fingerprint density at radius 1 is 1.28 bits per heavy atom. The van der Waals surface area contributed by atoms with Gasteiger partial charge in [-0.25, -0.2) is 13.1 Å². The number of amides is 1. The minimum Gasteiger partial charge on any atom is -0.268 e. The van der Waals surface area contributed by atoms with E-state index < -0.39 is 21.2 Å². The second-order valence-corrected chi connectivity index (χ2v) is 7.41. The average molecular weight is 287 g/mol. The van der Waals surface area contributed by atoms with Crippen LogP contribution in [0.25, 0.3) is 0 Å². The lowest BCUT2D eigenvalue weighted by molar-refractivity contribution is 0.0980. The Morgan fingerprint density at radius 3 is 2.50 bits per heavy atom. The molecule has 1 aromatic heterocycles. The number of hydrogen-bond acceptors (Lipinski definition) is 4. The second-order valence-electron chi connectivity index (χ2n) is 4.70. The predicted octanol–water partition coefficient (Wildman–Crippen LogP) is 2.45. The van der Waals surface area contributed by atoms with Crippen molar-refractivity contribution in [3.63, 3.8) is 0 Å². The lowest BCUT2D eigenvalue weighted by atomic mass is 10.0. The fourth-order valence-corrected chi connectivity index (χ4v) is 4.55. The highest BCUT2D eigenvalue weighted by atomic mass is 32.2. The molecule has 100 valence electrons. The smallest absolute Gasteiger partial charge is 0.265 e. The quantitative estimate of drug-likeness (QED) is 0.928. The molecule has 1 aromatic rings. The molecule has 0 radical (unpaired) electrons. The SMILES string of the molecule is Cc1cscc1C(=O)NS(=O)(=O)C1CCCCC1. The minimum absolute atomic E-state index is 0.408. The van der Waals surface area contributed by atoms with Crippen LogP contribution in [0, 0.1) is 6.92 Å². The zero-order chi connectivity index (χ0) is 13.2. The van der Waals surface area contributed by atoms with E-state index >= 15 is 0 Å². The third kappa shape index (κ3) is 2.92. The van der Waals surface area contributed by atoms with Crippen LogP contribution in [0.15, 0.2) is 10.8 Å². The van der Waals surface area contributed by atoms with E-state index in [1.54, 1.807) is 12.3 Å². The number of carbonyl (C=O) groups is 1. The largest absolute Gasteiger partial charge is 0.268 e. The molecule has 1 heterocycles. The molecule has 6 heteroatoms. The van der Waals surface area contributed by atoms with E-state index in [0.29, 0.717) is 18.4 Å². The summed E-state index contributed by atoms with van der Waals surface area (Å²) in [7, 11) is -3.52. The summed E-state index contributed by atoms with van der Waals surface area (Å²) >= 11 is 1.40. The van der Waals surface area contributed by atoms with Gasteiger partial charge in [0.1, 0.15) is 0 Å². The molecule has 0 unspecified atom stereocenters. The lowest BCUT2D eigenvalue weighted by Gasteiger charge is -2.21. The zero-order valence-electron chi connectivity index (χ0n) is 10.3. The van der Waals surface area contributed by atoms with Crippen molar-refractivity contribution in [2.75, 3.05) is 0 Å². The van der Waals surface area contributed by atoms with E-state index in [4.69, 9.17) is 0 Å². The van der Waals surface area contributed by atoms with Crippen molar-refractivity contribution in [1.82, 2.24) is 4.72 Å². The van der Waals surface area contributed by atoms with Crippen LogP contribution in [0.2, 0.25) is 0 Å². The average Bonchev–Trinajstić information content (AvgIpc) is 2.76. The molecular formula is C12H17NO3S2. The third-order valence-corrected chi connectivity index (χ3v) is 6.01. The molecule has 4 nitrogen and oxygen atoms in total. The lowest BCUT2D eigenvalue weighted by Crippen LogP contribution is -2.39. The molecular weight excluding hydrogens is 270 g/mol. The zero-order valence-corrected chi connectivity index (χ0v) is 11.9. The Bertz CT molecular complexity index is 527. The van der Waals surface area contributed by atoms with Crippen molar-refractivity contribution in [3.8, 4) is 0 Å². The van der Waals surface area contributed by atoms with Gasteiger partial charge in [-0.3, -0.25) is 4.79 Å². The van der Waals surface area contributed by atoms with Crippen molar-refractivity contribution in [2.45, 2.75) is 44.3 Å². The van der Waals surface area contributed by atoms with Crippen LogP contribution in [-0.4, -0.2) is 19.6 Å². The van der Waals surface area contributed by atoms with Gasteiger partial charge in [0.25, 0.3) is 5.91 Å². The van der Waals surface area contributed by atoms with E-state index in [1.165, 1.54) is 11.3 Å². The summed E-state index contributed by atoms with van der Waals surface area (Å²) in [5.74, 6) is -0.501. The first-order valence-corrected chi connectivity index (χ1v) is 8.58. The Hall–Kier alpha value is -0.880. The molecule has 1 fully saturated rings. The van der Waals surface area contributed by atoms with Gasteiger partial charge in [-0.1, -0.05) is 19.3 Å². The van der Waals surface area contributed by atoms with Gasteiger partial charge in [0.15, 0.2) is 0 Å². The molecule has 2 rings (SSSR count). The Morgan fingerprint density at radius 2 is 1.94 bits per heavy atom. The first kappa shape index (κ1) is 13.5. The molecule has 1 amide bonds. The predicted molar refractivity (Wildman–Crippen MR) is 72.3 cm³/mol. The summed E-state index contributed by atoms with van der Waals surface area (Å²) in [4.78, 5) is 11.9. The van der Waals surface area contributed by atoms with Gasteiger partial charge in [-0.15, -0.1) is 0 Å². The summed E-state index contributed by atoms with van der Waals surface area (Å²) in [5, 5.41) is 3.11. The fraction of sp³-hybridized carbons (Fsp3) is 0.583. The maximum absolute atomic E-state index is 12.1. The number of rotatable bonds is 3. The van der Waals surface area contributed by atoms with Crippen LogP contribution in [0.1, 0.15) is 48.0 Å². The van der Waals surface area contributed by atoms with Gasteiger partial charge < -0.3 is 0 Å². The maximum Gasteiger partial charge on any atom is 0.265 e. The van der Waals surface area contributed by atoms with Crippen LogP contribution >= 0.6 is 11.3 Å². The number of carbonyl (C=O) groups excluding carboxylic acids is 1. The summed E-state index contributed by atoms with van der Waals surface area (Å²) in [6.07, 6.45) is 4.26. The molecule has 1 aliphatic rings. The number of aryl methyl sites for hydroxylation is 1. The monoisotopic (exact) mass is 287 g/mol. The minimum atomic E-state index is -3.52. The number of thiophene rings is 1. The summed E-state index contributed by atoms with van der Waals surface area (Å²) < 4.78 is 26.4. The van der Waals surface area contributed by atoms with Crippen molar-refractivity contribution in [2.24, 2.45) is 0 Å². The van der Waals surface area contributed by atoms with E-state index in [9.17, 15) is 13.2 Å². The third-order valence-electron chi connectivity index (χ3n) is 3.33. The second kappa shape index (κ2) is 5.40. The standard InChI is InChI=1S/C12H17NO3S2/c1-9-7-17-8-11(9)12(14)13-18(15,16)10-5-3-2-4-6-10/h7-8,10H,2-6H2,1H3,(H,13,14). The van der Waals surface area contributed by atoms with Gasteiger partial charge in [-0.05, 0) is 30.7 Å². The van der Waals surface area contributed by atoms with Gasteiger partial charge in [0, 0.05) is 5.38 Å². The van der Waals surface area contributed by atoms with Gasteiger partial charge in [0.05, 0.1) is 10.8 Å². The number of nitrogens with one attached hydrogen (secondary N) is 1. The van der Waals surface area contributed by atoms with Crippen molar-refractivity contribution < 1.29 is 13.2 Å². The Labute approximate surface area is 111 Å². The molecule has 0 aromatic carbocycles. The van der Waals surface area contributed by atoms with Gasteiger partial charge in [-0.2, -0.15) is 11.3 Å². The van der Waals surface area contributed by atoms with Crippen LogP contribution < -0.4 is 4.72 Å². The maximum atomic E-state index is 12.1. The molecule has 0 aliphatic heterocycles. The molecule has 1 aliphatic carbocycles. The van der Waals surface area contributed by atoms with E-state index in [1.807, 2.05) is 5.38 Å². The van der Waals surface area contributed by atoms with E-state index in [2.05, 4.69) is 4.72 Å². The Kier molecular flexibility index (Phi) is 4.07. The van der Waals surface area contributed by atoms with Crippen LogP contribution in [0.5, 0.6) is 0 Å². The van der Waals surface area contributed by atoms with Crippen LogP contribution in [-0.2, 0) is 10.0 Å². The first-order chi connectivity index (χ1) is 8.50. The molecule has 1 N–H and O–H groups in total. The highest BCUT2D eigenvalue weighted by Crippen LogP contribution is 2.23. The summed E-state index contributed by atoms with van der Waals surface area (Å²) in [6, 6.07) is 0. The molecule has 0 atom stereocenters. The number of sulfonamides is 1. The van der Waals surface area contributed by atoms with Crippen molar-refractivity contribution in [1.29, 1.82) is 0 Å². The molecule has 18 heavy (non-hydrogen) atoms. The van der Waals surface area contributed by atoms with Gasteiger partial charge in [0.2, 0.25) is 10.0 Å². The molecule has 0 spiro atoms. The highest BCUT2D eigenvalue weighted by molar-refractivity contribution is 7.90. The van der Waals surface area contributed by atoms with Gasteiger partial charge >= 0.3 is 0 Å². The topological polar surface area (TPSA) is 63.2 Å². The fourth-order valence-electron chi connectivity index (χ4n) is 2.24. The summed E-state index contributed by atoms with van der Waals surface area (Å²) in [6.45, 7) is 1.80. The number of hydrogen-bond donors (Lipinski definition) is 1. The normalized spacial score (nSPS) is 17.6. The molecule has 1 saturated carbocycles. The van der Waals surface area contributed by atoms with Crippen molar-refractivity contribution >= 4 is 27.3 Å². The van der Waals surface area contributed by atoms with E-state index in [-0.39, 0.29) is 0 Å². The highest BCUT2D eigenvalue weighted by Gasteiger charge is 2.29. The molecule has 0 bridgehead atoms. The van der Waals surface area contributed by atoms with Crippen molar-refractivity contribution in [3.05, 3.63) is 21.9 Å². The van der Waals surface area contributed by atoms with Crippen LogP contribution in [0.4, 0.5) is 0 Å². The Balaban J connectivity index is 2.08. The van der Waals surface area contributed by atoms with Crippen LogP contribution in [0.3, 0.4) is 0 Å². The summed E-state index contributed by atoms with van der Waals surface area (Å²) in [5.41, 5.74) is 1.27. The van der Waals surface area contributed by atoms with E-state index in [0.717, 1.165) is 24.8 Å². The molecule has 0 saturated heterocycles. The first-order valence-electron chi connectivity index (χ1n) is 6.09.